The van der Waals surface area contributed by atoms with E-state index >= 15 is 0 Å². The van der Waals surface area contributed by atoms with Crippen LogP contribution in [0.3, 0.4) is 0 Å². The fraction of sp³-hybridized carbons (Fsp3) is 0.647. The van der Waals surface area contributed by atoms with Crippen LogP contribution in [0, 0.1) is 0 Å². The van der Waals surface area contributed by atoms with Gasteiger partial charge in [0.15, 0.2) is 0 Å². The van der Waals surface area contributed by atoms with Crippen LogP contribution in [-0.4, -0.2) is 45.5 Å². The summed E-state index contributed by atoms with van der Waals surface area (Å²) >= 11 is 0. The molecule has 0 bridgehead atoms. The van der Waals surface area contributed by atoms with Crippen molar-refractivity contribution in [3.05, 3.63) is 24.3 Å². The first-order valence-corrected chi connectivity index (χ1v) is 8.11. The summed E-state index contributed by atoms with van der Waals surface area (Å²) in [5.41, 5.74) is 1.23. The summed E-state index contributed by atoms with van der Waals surface area (Å²) in [6.45, 7) is 4.19. The lowest BCUT2D eigenvalue weighted by molar-refractivity contribution is 0.0211. The molecule has 0 radical (unpaired) electrons. The van der Waals surface area contributed by atoms with E-state index in [9.17, 15) is 0 Å². The third-order valence-corrected chi connectivity index (χ3v) is 4.53. The number of hydrogen-bond donors (Lipinski definition) is 1. The van der Waals surface area contributed by atoms with Gasteiger partial charge in [0, 0.05) is 39.7 Å². The topological polar surface area (TPSA) is 33.7 Å². The number of benzene rings is 1. The Balaban J connectivity index is 1.69. The third-order valence-electron chi connectivity index (χ3n) is 4.53. The van der Waals surface area contributed by atoms with Gasteiger partial charge in [-0.2, -0.15) is 0 Å². The average Bonchev–Trinajstić information content (AvgIpc) is 2.56. The van der Waals surface area contributed by atoms with Crippen LogP contribution >= 0.6 is 0 Å². The van der Waals surface area contributed by atoms with Crippen molar-refractivity contribution in [2.75, 3.05) is 38.2 Å². The smallest absolute Gasteiger partial charge is 0.143 e. The van der Waals surface area contributed by atoms with Gasteiger partial charge in [0.05, 0.1) is 11.8 Å². The minimum absolute atomic E-state index is 0.285. The number of piperazine rings is 1. The first-order valence-electron chi connectivity index (χ1n) is 8.11. The Labute approximate surface area is 127 Å². The van der Waals surface area contributed by atoms with Crippen molar-refractivity contribution in [1.82, 2.24) is 5.32 Å². The molecule has 3 rings (SSSR count). The van der Waals surface area contributed by atoms with Crippen LogP contribution in [0.2, 0.25) is 0 Å². The highest BCUT2D eigenvalue weighted by Crippen LogP contribution is 2.32. The fourth-order valence-electron chi connectivity index (χ4n) is 3.33. The zero-order chi connectivity index (χ0) is 14.5. The van der Waals surface area contributed by atoms with Gasteiger partial charge in [-0.05, 0) is 31.4 Å². The second kappa shape index (κ2) is 7.14. The molecule has 1 aliphatic heterocycles. The van der Waals surface area contributed by atoms with Crippen LogP contribution in [-0.2, 0) is 4.74 Å². The molecule has 1 N–H and O–H groups in total. The lowest BCUT2D eigenvalue weighted by Crippen LogP contribution is -2.43. The van der Waals surface area contributed by atoms with Gasteiger partial charge in [-0.15, -0.1) is 0 Å². The molecule has 1 saturated carbocycles. The van der Waals surface area contributed by atoms with Crippen LogP contribution in [0.25, 0.3) is 0 Å². The van der Waals surface area contributed by atoms with Gasteiger partial charge in [0.1, 0.15) is 11.9 Å². The number of para-hydroxylation sites is 2. The summed E-state index contributed by atoms with van der Waals surface area (Å²) in [6.07, 6.45) is 5.14. The maximum Gasteiger partial charge on any atom is 0.143 e. The van der Waals surface area contributed by atoms with Gasteiger partial charge in [-0.25, -0.2) is 0 Å². The van der Waals surface area contributed by atoms with E-state index in [1.165, 1.54) is 12.1 Å². The van der Waals surface area contributed by atoms with Gasteiger partial charge in [-0.1, -0.05) is 12.1 Å². The quantitative estimate of drug-likeness (QED) is 0.923. The normalized spacial score (nSPS) is 26.6. The van der Waals surface area contributed by atoms with Crippen molar-refractivity contribution < 1.29 is 9.47 Å². The first-order chi connectivity index (χ1) is 10.4. The van der Waals surface area contributed by atoms with Crippen LogP contribution in [0.5, 0.6) is 5.75 Å². The maximum atomic E-state index is 6.33. The van der Waals surface area contributed by atoms with Crippen LogP contribution < -0.4 is 15.0 Å². The molecule has 116 valence electrons. The standard InChI is InChI=1S/C17H26N2O2/c1-20-14-5-4-6-15(13-14)21-17-8-3-2-7-16(17)19-11-9-18-10-12-19/h2-3,7-8,14-15,18H,4-6,9-13H2,1H3. The Kier molecular flexibility index (Phi) is 4.99. The molecule has 0 spiro atoms. The highest BCUT2D eigenvalue weighted by atomic mass is 16.5. The molecule has 1 heterocycles. The third kappa shape index (κ3) is 3.69. The molecule has 2 aliphatic rings. The Bertz CT molecular complexity index is 446. The molecule has 1 saturated heterocycles. The lowest BCUT2D eigenvalue weighted by atomic mass is 9.95. The summed E-state index contributed by atoms with van der Waals surface area (Å²) in [6, 6.07) is 8.45. The summed E-state index contributed by atoms with van der Waals surface area (Å²) in [4.78, 5) is 2.42. The van der Waals surface area contributed by atoms with E-state index in [1.54, 1.807) is 0 Å². The number of rotatable bonds is 4. The summed E-state index contributed by atoms with van der Waals surface area (Å²) in [5.74, 6) is 1.03. The highest BCUT2D eigenvalue weighted by Gasteiger charge is 2.24. The maximum absolute atomic E-state index is 6.33. The average molecular weight is 290 g/mol. The molecule has 0 amide bonds. The number of anilines is 1. The van der Waals surface area contributed by atoms with Gasteiger partial charge in [-0.3, -0.25) is 0 Å². The zero-order valence-electron chi connectivity index (χ0n) is 12.9. The van der Waals surface area contributed by atoms with Gasteiger partial charge < -0.3 is 19.7 Å². The van der Waals surface area contributed by atoms with Crippen molar-refractivity contribution in [3.63, 3.8) is 0 Å². The van der Waals surface area contributed by atoms with Crippen LogP contribution in [0.1, 0.15) is 25.7 Å². The summed E-state index contributed by atoms with van der Waals surface area (Å²) < 4.78 is 11.8. The summed E-state index contributed by atoms with van der Waals surface area (Å²) in [7, 11) is 1.81. The largest absolute Gasteiger partial charge is 0.488 e. The van der Waals surface area contributed by atoms with Crippen molar-refractivity contribution in [3.8, 4) is 5.75 Å². The van der Waals surface area contributed by atoms with E-state index in [0.717, 1.165) is 51.2 Å². The molecule has 0 aromatic heterocycles. The van der Waals surface area contributed by atoms with Crippen molar-refractivity contribution in [2.45, 2.75) is 37.9 Å². The number of nitrogens with one attached hydrogen (secondary N) is 1. The molecule has 1 aromatic carbocycles. The number of ether oxygens (including phenoxy) is 2. The SMILES string of the molecule is COC1CCCC(Oc2ccccc2N2CCNCC2)C1. The zero-order valence-corrected chi connectivity index (χ0v) is 12.9. The van der Waals surface area contributed by atoms with E-state index in [0.29, 0.717) is 6.10 Å². The molecular formula is C17H26N2O2. The van der Waals surface area contributed by atoms with Gasteiger partial charge in [0.25, 0.3) is 0 Å². The van der Waals surface area contributed by atoms with Crippen LogP contribution in [0.15, 0.2) is 24.3 Å². The fourth-order valence-corrected chi connectivity index (χ4v) is 3.33. The Morgan fingerprint density at radius 3 is 2.67 bits per heavy atom. The van der Waals surface area contributed by atoms with Crippen molar-refractivity contribution >= 4 is 5.69 Å². The van der Waals surface area contributed by atoms with Crippen molar-refractivity contribution in [2.24, 2.45) is 0 Å². The predicted octanol–water partition coefficient (Wildman–Crippen LogP) is 2.43. The van der Waals surface area contributed by atoms with Crippen molar-refractivity contribution in [1.29, 1.82) is 0 Å². The highest BCUT2D eigenvalue weighted by molar-refractivity contribution is 5.58. The molecule has 4 heteroatoms. The molecule has 4 nitrogen and oxygen atoms in total. The van der Waals surface area contributed by atoms with E-state index in [1.807, 2.05) is 7.11 Å². The monoisotopic (exact) mass is 290 g/mol. The van der Waals surface area contributed by atoms with E-state index in [-0.39, 0.29) is 6.10 Å². The predicted molar refractivity (Wildman–Crippen MR) is 85.2 cm³/mol. The molecule has 1 aromatic rings. The van der Waals surface area contributed by atoms with Gasteiger partial charge in [0.2, 0.25) is 0 Å². The second-order valence-electron chi connectivity index (χ2n) is 5.97. The Morgan fingerprint density at radius 1 is 1.10 bits per heavy atom. The lowest BCUT2D eigenvalue weighted by Gasteiger charge is -2.33. The Hall–Kier alpha value is -1.26. The summed E-state index contributed by atoms with van der Waals surface area (Å²) in [5, 5.41) is 3.40. The van der Waals surface area contributed by atoms with E-state index in [4.69, 9.17) is 9.47 Å². The number of nitrogens with zero attached hydrogens (tertiary/aromatic N) is 1. The van der Waals surface area contributed by atoms with E-state index < -0.39 is 0 Å². The molecular weight excluding hydrogens is 264 g/mol. The molecule has 1 aliphatic carbocycles. The minimum Gasteiger partial charge on any atom is -0.488 e. The Morgan fingerprint density at radius 2 is 1.86 bits per heavy atom. The van der Waals surface area contributed by atoms with Crippen LogP contribution in [0.4, 0.5) is 5.69 Å². The molecule has 2 unspecified atom stereocenters. The minimum atomic E-state index is 0.285. The number of hydrogen-bond acceptors (Lipinski definition) is 4. The van der Waals surface area contributed by atoms with E-state index in [2.05, 4.69) is 34.5 Å². The number of methoxy groups -OCH3 is 1. The molecule has 2 fully saturated rings. The second-order valence-corrected chi connectivity index (χ2v) is 5.97. The first kappa shape index (κ1) is 14.7. The molecule has 21 heavy (non-hydrogen) atoms. The van der Waals surface area contributed by atoms with Gasteiger partial charge >= 0.3 is 0 Å². The molecule has 2 atom stereocenters.